The van der Waals surface area contributed by atoms with Crippen LogP contribution in [0.2, 0.25) is 0 Å². The monoisotopic (exact) mass is 240 g/mol. The molecule has 0 aromatic heterocycles. The van der Waals surface area contributed by atoms with Crippen molar-refractivity contribution in [3.63, 3.8) is 0 Å². The molecule has 0 aliphatic carbocycles. The van der Waals surface area contributed by atoms with Crippen molar-refractivity contribution < 1.29 is 14.4 Å². The van der Waals surface area contributed by atoms with Crippen molar-refractivity contribution in [2.75, 3.05) is 6.54 Å². The number of esters is 1. The first kappa shape index (κ1) is 13.7. The molecule has 0 aromatic rings. The van der Waals surface area contributed by atoms with Crippen molar-refractivity contribution in [2.45, 2.75) is 38.5 Å². The van der Waals surface area contributed by atoms with E-state index in [-0.39, 0.29) is 0 Å². The number of nitrogens with one attached hydrogen (secondary N) is 2. The average Bonchev–Trinajstić information content (AvgIpc) is 2.32. The van der Waals surface area contributed by atoms with Crippen molar-refractivity contribution in [1.82, 2.24) is 11.0 Å². The normalized spacial score (nSPS) is 20.6. The standard InChI is InChI=1S/C12H20N2O3/c15-12-8-11-17-14-13-9-6-4-2-1-3-5-7-10-16-12/h7-8,10-11,13-14H,1-6,9H2. The number of allylic oxidation sites excluding steroid dienone is 1. The highest BCUT2D eigenvalue weighted by Gasteiger charge is 1.94. The highest BCUT2D eigenvalue weighted by Crippen LogP contribution is 2.05. The van der Waals surface area contributed by atoms with Crippen LogP contribution in [-0.2, 0) is 14.4 Å². The fraction of sp³-hybridized carbons (Fsp3) is 0.583. The molecule has 0 radical (unpaired) electrons. The topological polar surface area (TPSA) is 59.6 Å². The van der Waals surface area contributed by atoms with E-state index in [9.17, 15) is 4.79 Å². The van der Waals surface area contributed by atoms with Gasteiger partial charge in [0.1, 0.15) is 6.26 Å². The number of hydrogen-bond donors (Lipinski definition) is 2. The third-order valence-electron chi connectivity index (χ3n) is 2.36. The van der Waals surface area contributed by atoms with Gasteiger partial charge in [-0.25, -0.2) is 10.2 Å². The first-order chi connectivity index (χ1) is 8.39. The molecule has 0 saturated carbocycles. The molecule has 5 heteroatoms. The molecule has 2 N–H and O–H groups in total. The van der Waals surface area contributed by atoms with Crippen molar-refractivity contribution >= 4 is 5.97 Å². The Morgan fingerprint density at radius 2 is 1.88 bits per heavy atom. The number of ether oxygens (including phenoxy) is 1. The highest BCUT2D eigenvalue weighted by atomic mass is 16.7. The molecule has 0 aromatic carbocycles. The van der Waals surface area contributed by atoms with Crippen molar-refractivity contribution in [2.24, 2.45) is 0 Å². The molecule has 1 rings (SSSR count). The van der Waals surface area contributed by atoms with Crippen LogP contribution < -0.4 is 11.0 Å². The molecule has 0 unspecified atom stereocenters. The van der Waals surface area contributed by atoms with Crippen molar-refractivity contribution in [1.29, 1.82) is 0 Å². The highest BCUT2D eigenvalue weighted by molar-refractivity contribution is 5.82. The number of rotatable bonds is 0. The third-order valence-corrected chi connectivity index (χ3v) is 2.36. The average molecular weight is 240 g/mol. The van der Waals surface area contributed by atoms with E-state index in [2.05, 4.69) is 11.0 Å². The lowest BCUT2D eigenvalue weighted by atomic mass is 10.1. The summed E-state index contributed by atoms with van der Waals surface area (Å²) in [6.45, 7) is 0.845. The van der Waals surface area contributed by atoms with Gasteiger partial charge in [-0.2, -0.15) is 0 Å². The lowest BCUT2D eigenvalue weighted by Crippen LogP contribution is -2.31. The van der Waals surface area contributed by atoms with Gasteiger partial charge in [0.25, 0.3) is 0 Å². The number of carbonyl (C=O) groups is 1. The van der Waals surface area contributed by atoms with Gasteiger partial charge < -0.3 is 9.57 Å². The van der Waals surface area contributed by atoms with Crippen molar-refractivity contribution in [3.8, 4) is 0 Å². The van der Waals surface area contributed by atoms with E-state index in [1.54, 1.807) is 0 Å². The fourth-order valence-corrected chi connectivity index (χ4v) is 1.44. The Labute approximate surface area is 102 Å². The van der Waals surface area contributed by atoms with Crippen LogP contribution >= 0.6 is 0 Å². The molecule has 1 heterocycles. The van der Waals surface area contributed by atoms with E-state index in [4.69, 9.17) is 9.57 Å². The van der Waals surface area contributed by atoms with Gasteiger partial charge in [0.15, 0.2) is 0 Å². The summed E-state index contributed by atoms with van der Waals surface area (Å²) in [5, 5.41) is 0. The second-order valence-corrected chi connectivity index (χ2v) is 3.81. The number of carbonyl (C=O) groups excluding carboxylic acids is 1. The Morgan fingerprint density at radius 3 is 2.82 bits per heavy atom. The molecule has 0 saturated heterocycles. The van der Waals surface area contributed by atoms with Gasteiger partial charge in [-0.05, 0) is 25.3 Å². The molecule has 0 spiro atoms. The largest absolute Gasteiger partial charge is 0.432 e. The zero-order valence-corrected chi connectivity index (χ0v) is 9.98. The summed E-state index contributed by atoms with van der Waals surface area (Å²) in [7, 11) is 0. The molecule has 17 heavy (non-hydrogen) atoms. The van der Waals surface area contributed by atoms with E-state index in [0.29, 0.717) is 0 Å². The zero-order chi connectivity index (χ0) is 12.2. The Balaban J connectivity index is 2.27. The summed E-state index contributed by atoms with van der Waals surface area (Å²) in [4.78, 5) is 15.9. The minimum atomic E-state index is -0.449. The van der Waals surface area contributed by atoms with Crippen LogP contribution in [-0.4, -0.2) is 12.5 Å². The molecule has 0 bridgehead atoms. The zero-order valence-electron chi connectivity index (χ0n) is 9.98. The summed E-state index contributed by atoms with van der Waals surface area (Å²) in [6, 6.07) is 0. The summed E-state index contributed by atoms with van der Waals surface area (Å²) >= 11 is 0. The van der Waals surface area contributed by atoms with Gasteiger partial charge >= 0.3 is 5.97 Å². The van der Waals surface area contributed by atoms with Gasteiger partial charge in [-0.1, -0.05) is 24.9 Å². The third kappa shape index (κ3) is 8.47. The summed E-state index contributed by atoms with van der Waals surface area (Å²) < 4.78 is 4.81. The Kier molecular flexibility index (Phi) is 7.97. The van der Waals surface area contributed by atoms with Gasteiger partial charge in [0.05, 0.1) is 12.3 Å². The maximum Gasteiger partial charge on any atom is 0.338 e. The minimum Gasteiger partial charge on any atom is -0.432 e. The molecule has 5 nitrogen and oxygen atoms in total. The van der Waals surface area contributed by atoms with Crippen LogP contribution in [0.25, 0.3) is 0 Å². The molecule has 0 atom stereocenters. The van der Waals surface area contributed by atoms with Gasteiger partial charge in [-0.3, -0.25) is 0 Å². The number of cyclic esters (lactones) is 1. The van der Waals surface area contributed by atoms with Crippen molar-refractivity contribution in [3.05, 3.63) is 24.7 Å². The predicted molar refractivity (Wildman–Crippen MR) is 64.3 cm³/mol. The van der Waals surface area contributed by atoms with E-state index in [0.717, 1.165) is 25.8 Å². The van der Waals surface area contributed by atoms with Crippen LogP contribution in [0.3, 0.4) is 0 Å². The first-order valence-electron chi connectivity index (χ1n) is 6.05. The van der Waals surface area contributed by atoms with Gasteiger partial charge in [0.2, 0.25) is 0 Å². The van der Waals surface area contributed by atoms with Crippen LogP contribution in [0.4, 0.5) is 0 Å². The van der Waals surface area contributed by atoms with Crippen LogP contribution in [0.15, 0.2) is 24.7 Å². The second-order valence-electron chi connectivity index (χ2n) is 3.81. The van der Waals surface area contributed by atoms with Crippen LogP contribution in [0.1, 0.15) is 38.5 Å². The first-order valence-corrected chi connectivity index (χ1v) is 6.05. The van der Waals surface area contributed by atoms with E-state index >= 15 is 0 Å². The molecule has 0 fully saturated rings. The molecular formula is C12H20N2O3. The predicted octanol–water partition coefficient (Wildman–Crippen LogP) is 1.94. The maximum atomic E-state index is 11.1. The van der Waals surface area contributed by atoms with E-state index in [1.165, 1.54) is 37.9 Å². The lowest BCUT2D eigenvalue weighted by molar-refractivity contribution is -0.132. The number of hydrazine groups is 1. The maximum absolute atomic E-state index is 11.1. The Bertz CT molecular complexity index is 264. The van der Waals surface area contributed by atoms with Crippen LogP contribution in [0.5, 0.6) is 0 Å². The summed E-state index contributed by atoms with van der Waals surface area (Å²) in [5.41, 5.74) is 5.42. The SMILES string of the molecule is O=C1C=CONNCCCCCCCC=CO1. The Morgan fingerprint density at radius 1 is 1.06 bits per heavy atom. The minimum absolute atomic E-state index is 0.449. The second kappa shape index (κ2) is 9.86. The smallest absolute Gasteiger partial charge is 0.338 e. The molecule has 1 aliphatic rings. The number of hydrogen-bond acceptors (Lipinski definition) is 5. The Hall–Kier alpha value is -1.33. The molecule has 96 valence electrons. The van der Waals surface area contributed by atoms with Gasteiger partial charge in [-0.15, -0.1) is 0 Å². The summed E-state index contributed by atoms with van der Waals surface area (Å²) in [6.07, 6.45) is 12.6. The summed E-state index contributed by atoms with van der Waals surface area (Å²) in [5.74, 6) is -0.449. The van der Waals surface area contributed by atoms with E-state index in [1.807, 2.05) is 6.08 Å². The van der Waals surface area contributed by atoms with Crippen LogP contribution in [0, 0.1) is 0 Å². The molecular weight excluding hydrogens is 220 g/mol. The lowest BCUT2D eigenvalue weighted by Gasteiger charge is -2.05. The quantitative estimate of drug-likeness (QED) is 0.634. The molecule has 0 amide bonds. The molecule has 1 aliphatic heterocycles. The van der Waals surface area contributed by atoms with E-state index < -0.39 is 5.97 Å². The fourth-order valence-electron chi connectivity index (χ4n) is 1.44. The van der Waals surface area contributed by atoms with Gasteiger partial charge in [0, 0.05) is 6.54 Å².